The van der Waals surface area contributed by atoms with Gasteiger partial charge in [0.05, 0.1) is 0 Å². The summed E-state index contributed by atoms with van der Waals surface area (Å²) in [4.78, 5) is 11.0. The number of rotatable bonds is 8. The average Bonchev–Trinajstić information content (AvgIpc) is 2.95. The van der Waals surface area contributed by atoms with E-state index >= 15 is 0 Å². The highest BCUT2D eigenvalue weighted by Crippen LogP contribution is 2.28. The number of carbonyl (C=O) groups excluding carboxylic acids is 1. The van der Waals surface area contributed by atoms with Crippen LogP contribution >= 0.6 is 11.6 Å². The number of nitrogens with one attached hydrogen (secondary N) is 1. The summed E-state index contributed by atoms with van der Waals surface area (Å²) in [6, 6.07) is 0. The summed E-state index contributed by atoms with van der Waals surface area (Å²) in [7, 11) is 0. The molecule has 3 nitrogen and oxygen atoms in total. The van der Waals surface area contributed by atoms with Crippen LogP contribution in [0, 0.1) is 5.92 Å². The van der Waals surface area contributed by atoms with Gasteiger partial charge in [0.2, 0.25) is 5.91 Å². The number of ether oxygens (including phenoxy) is 1. The molecule has 0 saturated heterocycles. The molecule has 1 aliphatic rings. The molecule has 0 radical (unpaired) electrons. The smallest absolute Gasteiger partial charge is 0.221 e. The quantitative estimate of drug-likeness (QED) is 0.497. The van der Waals surface area contributed by atoms with Crippen LogP contribution in [0.1, 0.15) is 25.7 Å². The van der Waals surface area contributed by atoms with Gasteiger partial charge in [-0.15, -0.1) is 11.6 Å². The van der Waals surface area contributed by atoms with Crippen LogP contribution in [0.2, 0.25) is 0 Å². The Morgan fingerprint density at radius 1 is 1.50 bits per heavy atom. The lowest BCUT2D eigenvalue weighted by atomic mass is 10.4. The van der Waals surface area contributed by atoms with Crippen LogP contribution in [0.25, 0.3) is 0 Å². The summed E-state index contributed by atoms with van der Waals surface area (Å²) in [6.45, 7) is 2.34. The van der Waals surface area contributed by atoms with Crippen molar-refractivity contribution in [3.05, 3.63) is 0 Å². The highest BCUT2D eigenvalue weighted by Gasteiger charge is 2.20. The molecule has 1 amide bonds. The monoisotopic (exact) mass is 219 g/mol. The van der Waals surface area contributed by atoms with Crippen LogP contribution in [0.5, 0.6) is 0 Å². The minimum Gasteiger partial charge on any atom is -0.381 e. The zero-order valence-electron chi connectivity index (χ0n) is 8.43. The molecule has 0 bridgehead atoms. The predicted octanol–water partition coefficient (Wildman–Crippen LogP) is 1.55. The first kappa shape index (κ1) is 11.8. The van der Waals surface area contributed by atoms with Gasteiger partial charge >= 0.3 is 0 Å². The molecule has 0 aliphatic heterocycles. The van der Waals surface area contributed by atoms with Crippen molar-refractivity contribution < 1.29 is 9.53 Å². The predicted molar refractivity (Wildman–Crippen MR) is 56.5 cm³/mol. The molecule has 0 atom stereocenters. The maximum Gasteiger partial charge on any atom is 0.221 e. The van der Waals surface area contributed by atoms with E-state index in [1.165, 1.54) is 12.8 Å². The summed E-state index contributed by atoms with van der Waals surface area (Å²) in [5, 5.41) is 2.78. The Hall–Kier alpha value is -0.280. The van der Waals surface area contributed by atoms with Crippen molar-refractivity contribution in [2.24, 2.45) is 5.92 Å². The van der Waals surface area contributed by atoms with Gasteiger partial charge in [0.25, 0.3) is 0 Å². The van der Waals surface area contributed by atoms with Crippen molar-refractivity contribution in [2.45, 2.75) is 25.7 Å². The lowest BCUT2D eigenvalue weighted by molar-refractivity contribution is -0.120. The highest BCUT2D eigenvalue weighted by molar-refractivity contribution is 6.18. The SMILES string of the molecule is O=C(CCCl)NCCCOCC1CC1. The summed E-state index contributed by atoms with van der Waals surface area (Å²) >= 11 is 5.42. The number of hydrogen-bond acceptors (Lipinski definition) is 2. The average molecular weight is 220 g/mol. The molecule has 0 aromatic carbocycles. The fraction of sp³-hybridized carbons (Fsp3) is 0.900. The molecule has 0 heterocycles. The molecular weight excluding hydrogens is 202 g/mol. The van der Waals surface area contributed by atoms with Gasteiger partial charge in [-0.2, -0.15) is 0 Å². The van der Waals surface area contributed by atoms with Crippen molar-refractivity contribution in [2.75, 3.05) is 25.6 Å². The molecule has 14 heavy (non-hydrogen) atoms. The number of carbonyl (C=O) groups is 1. The molecule has 82 valence electrons. The van der Waals surface area contributed by atoms with Gasteiger partial charge in [0.1, 0.15) is 0 Å². The van der Waals surface area contributed by atoms with Gasteiger partial charge in [0, 0.05) is 32.1 Å². The summed E-state index contributed by atoms with van der Waals surface area (Å²) in [6.07, 6.45) is 3.95. The molecule has 0 spiro atoms. The lowest BCUT2D eigenvalue weighted by Gasteiger charge is -2.04. The van der Waals surface area contributed by atoms with Gasteiger partial charge in [-0.3, -0.25) is 4.79 Å². The van der Waals surface area contributed by atoms with Crippen molar-refractivity contribution in [3.8, 4) is 0 Å². The number of alkyl halides is 1. The summed E-state index contributed by atoms with van der Waals surface area (Å²) in [5.74, 6) is 1.24. The van der Waals surface area contributed by atoms with E-state index in [1.54, 1.807) is 0 Å². The third kappa shape index (κ3) is 6.22. The Morgan fingerprint density at radius 3 is 2.93 bits per heavy atom. The Kier molecular flexibility index (Phi) is 5.96. The van der Waals surface area contributed by atoms with Crippen LogP contribution in [0.3, 0.4) is 0 Å². The Labute approximate surface area is 90.1 Å². The van der Waals surface area contributed by atoms with Crippen molar-refractivity contribution >= 4 is 17.5 Å². The van der Waals surface area contributed by atoms with E-state index in [0.717, 1.165) is 25.6 Å². The second-order valence-electron chi connectivity index (χ2n) is 3.66. The fourth-order valence-corrected chi connectivity index (χ4v) is 1.28. The molecule has 1 fully saturated rings. The zero-order valence-corrected chi connectivity index (χ0v) is 9.18. The largest absolute Gasteiger partial charge is 0.381 e. The second-order valence-corrected chi connectivity index (χ2v) is 4.04. The second kappa shape index (κ2) is 7.07. The number of hydrogen-bond donors (Lipinski definition) is 1. The minimum atomic E-state index is 0.0298. The van der Waals surface area contributed by atoms with Crippen molar-refractivity contribution in [3.63, 3.8) is 0 Å². The molecule has 0 unspecified atom stereocenters. The standard InChI is InChI=1S/C10H18ClNO2/c11-5-4-10(13)12-6-1-7-14-8-9-2-3-9/h9H,1-8H2,(H,12,13). The first-order valence-corrected chi connectivity index (χ1v) is 5.77. The van der Waals surface area contributed by atoms with Crippen LogP contribution in [0.15, 0.2) is 0 Å². The molecule has 4 heteroatoms. The van der Waals surface area contributed by atoms with Crippen LogP contribution in [-0.4, -0.2) is 31.5 Å². The van der Waals surface area contributed by atoms with E-state index in [1.807, 2.05) is 0 Å². The molecule has 1 rings (SSSR count). The number of halogens is 1. The molecular formula is C10H18ClNO2. The molecule has 0 aromatic heterocycles. The fourth-order valence-electron chi connectivity index (χ4n) is 1.11. The molecule has 1 saturated carbocycles. The van der Waals surface area contributed by atoms with E-state index in [-0.39, 0.29) is 5.91 Å². The van der Waals surface area contributed by atoms with Crippen LogP contribution in [0.4, 0.5) is 0 Å². The Bertz CT molecular complexity index is 172. The van der Waals surface area contributed by atoms with E-state index in [9.17, 15) is 4.79 Å². The third-order valence-corrected chi connectivity index (χ3v) is 2.35. The van der Waals surface area contributed by atoms with Gasteiger partial charge in [-0.25, -0.2) is 0 Å². The topological polar surface area (TPSA) is 38.3 Å². The maximum absolute atomic E-state index is 11.0. The minimum absolute atomic E-state index is 0.0298. The Balaban J connectivity index is 1.76. The van der Waals surface area contributed by atoms with Crippen molar-refractivity contribution in [1.29, 1.82) is 0 Å². The van der Waals surface area contributed by atoms with E-state index in [0.29, 0.717) is 18.8 Å². The van der Waals surface area contributed by atoms with Crippen LogP contribution in [-0.2, 0) is 9.53 Å². The van der Waals surface area contributed by atoms with Gasteiger partial charge in [-0.05, 0) is 25.2 Å². The highest BCUT2D eigenvalue weighted by atomic mass is 35.5. The van der Waals surface area contributed by atoms with Gasteiger partial charge in [-0.1, -0.05) is 0 Å². The molecule has 1 N–H and O–H groups in total. The van der Waals surface area contributed by atoms with Crippen molar-refractivity contribution in [1.82, 2.24) is 5.32 Å². The summed E-state index contributed by atoms with van der Waals surface area (Å²) < 4.78 is 5.42. The normalized spacial score (nSPS) is 15.5. The molecule has 1 aliphatic carbocycles. The molecule has 0 aromatic rings. The lowest BCUT2D eigenvalue weighted by Crippen LogP contribution is -2.25. The maximum atomic E-state index is 11.0. The first-order chi connectivity index (χ1) is 6.83. The van der Waals surface area contributed by atoms with Crippen LogP contribution < -0.4 is 5.32 Å². The van der Waals surface area contributed by atoms with Gasteiger partial charge in [0.15, 0.2) is 0 Å². The summed E-state index contributed by atoms with van der Waals surface area (Å²) in [5.41, 5.74) is 0. The first-order valence-electron chi connectivity index (χ1n) is 5.23. The third-order valence-electron chi connectivity index (χ3n) is 2.16. The van der Waals surface area contributed by atoms with Gasteiger partial charge < -0.3 is 10.1 Å². The van der Waals surface area contributed by atoms with E-state index in [2.05, 4.69) is 5.32 Å². The van der Waals surface area contributed by atoms with E-state index in [4.69, 9.17) is 16.3 Å². The van der Waals surface area contributed by atoms with E-state index < -0.39 is 0 Å². The number of amides is 1. The zero-order chi connectivity index (χ0) is 10.2. The Morgan fingerprint density at radius 2 is 2.29 bits per heavy atom.